The van der Waals surface area contributed by atoms with Crippen molar-refractivity contribution >= 4 is 29.2 Å². The molecule has 2 fully saturated rings. The molecule has 2 aromatic carbocycles. The average Bonchev–Trinajstić information content (AvgIpc) is 3.09. The Balaban J connectivity index is 1.56. The molecule has 34 heavy (non-hydrogen) atoms. The second-order valence-corrected chi connectivity index (χ2v) is 9.23. The summed E-state index contributed by atoms with van der Waals surface area (Å²) >= 11 is 0. The van der Waals surface area contributed by atoms with Gasteiger partial charge in [-0.1, -0.05) is 43.2 Å². The molecule has 1 N–H and O–H groups in total. The number of hydrogen-bond donors (Lipinski definition) is 1. The third-order valence-corrected chi connectivity index (χ3v) is 7.34. The molecule has 5 rings (SSSR count). The molecule has 3 aliphatic rings. The van der Waals surface area contributed by atoms with E-state index in [1.807, 2.05) is 30.3 Å². The molecule has 0 aliphatic carbocycles. The summed E-state index contributed by atoms with van der Waals surface area (Å²) < 4.78 is 0. The minimum absolute atomic E-state index is 0.0327. The predicted octanol–water partition coefficient (Wildman–Crippen LogP) is 3.21. The molecule has 9 nitrogen and oxygen atoms in total. The van der Waals surface area contributed by atoms with E-state index in [-0.39, 0.29) is 18.7 Å². The van der Waals surface area contributed by atoms with E-state index in [1.165, 1.54) is 12.1 Å². The number of benzene rings is 2. The van der Waals surface area contributed by atoms with Gasteiger partial charge in [0.1, 0.15) is 0 Å². The van der Waals surface area contributed by atoms with E-state index in [1.54, 1.807) is 6.07 Å². The van der Waals surface area contributed by atoms with Gasteiger partial charge >= 0.3 is 6.03 Å². The molecule has 2 atom stereocenters. The maximum atomic E-state index is 14.0. The molecule has 0 radical (unpaired) electrons. The zero-order valence-corrected chi connectivity index (χ0v) is 18.7. The first-order chi connectivity index (χ1) is 16.4. The Morgan fingerprint density at radius 2 is 1.85 bits per heavy atom. The summed E-state index contributed by atoms with van der Waals surface area (Å²) in [5.41, 5.74) is 0.819. The number of imide groups is 2. The molecule has 3 aliphatic heterocycles. The Bertz CT molecular complexity index is 1170. The first kappa shape index (κ1) is 22.1. The van der Waals surface area contributed by atoms with Crippen LogP contribution < -0.4 is 10.2 Å². The van der Waals surface area contributed by atoms with Crippen molar-refractivity contribution in [2.24, 2.45) is 5.41 Å². The molecule has 4 amide bonds. The third kappa shape index (κ3) is 3.52. The number of nitro groups is 1. The Hall–Kier alpha value is -3.75. The molecule has 0 bridgehead atoms. The van der Waals surface area contributed by atoms with Gasteiger partial charge in [0.05, 0.1) is 11.0 Å². The maximum absolute atomic E-state index is 14.0. The van der Waals surface area contributed by atoms with Crippen molar-refractivity contribution < 1.29 is 19.3 Å². The number of urea groups is 1. The topological polar surface area (TPSA) is 113 Å². The van der Waals surface area contributed by atoms with Gasteiger partial charge in [-0.15, -0.1) is 0 Å². The number of carbonyl (C=O) groups is 3. The Labute approximate surface area is 196 Å². The van der Waals surface area contributed by atoms with Gasteiger partial charge in [0.2, 0.25) is 11.8 Å². The summed E-state index contributed by atoms with van der Waals surface area (Å²) in [6.07, 6.45) is 3.87. The highest BCUT2D eigenvalue weighted by atomic mass is 16.6. The molecule has 0 unspecified atom stereocenters. The van der Waals surface area contributed by atoms with Crippen LogP contribution in [0.2, 0.25) is 0 Å². The molecular weight excluding hydrogens is 436 g/mol. The lowest BCUT2D eigenvalue weighted by molar-refractivity contribution is -0.384. The number of nitrogens with zero attached hydrogens (tertiary/aromatic N) is 3. The van der Waals surface area contributed by atoms with E-state index in [9.17, 15) is 24.5 Å². The van der Waals surface area contributed by atoms with Crippen LogP contribution >= 0.6 is 0 Å². The monoisotopic (exact) mass is 462 g/mol. The summed E-state index contributed by atoms with van der Waals surface area (Å²) in [5, 5.41) is 13.9. The van der Waals surface area contributed by atoms with Crippen molar-refractivity contribution in [3.05, 3.63) is 69.8 Å². The molecule has 1 spiro atoms. The number of amides is 4. The van der Waals surface area contributed by atoms with Crippen molar-refractivity contribution in [1.29, 1.82) is 0 Å². The Morgan fingerprint density at radius 1 is 1.06 bits per heavy atom. The Kier molecular flexibility index (Phi) is 5.55. The normalized spacial score (nSPS) is 24.4. The third-order valence-electron chi connectivity index (χ3n) is 7.34. The summed E-state index contributed by atoms with van der Waals surface area (Å²) in [7, 11) is 0. The number of anilines is 1. The van der Waals surface area contributed by atoms with Gasteiger partial charge in [0.15, 0.2) is 5.41 Å². The molecule has 176 valence electrons. The van der Waals surface area contributed by atoms with E-state index in [0.717, 1.165) is 35.4 Å². The van der Waals surface area contributed by atoms with Crippen molar-refractivity contribution in [2.75, 3.05) is 18.0 Å². The quantitative estimate of drug-likeness (QED) is 0.424. The van der Waals surface area contributed by atoms with Gasteiger partial charge in [-0.05, 0) is 36.5 Å². The van der Waals surface area contributed by atoms with Crippen LogP contribution in [0.4, 0.5) is 16.2 Å². The smallest absolute Gasteiger partial charge is 0.330 e. The zero-order chi connectivity index (χ0) is 23.9. The van der Waals surface area contributed by atoms with Crippen molar-refractivity contribution in [2.45, 2.75) is 44.6 Å². The van der Waals surface area contributed by atoms with E-state index in [4.69, 9.17) is 0 Å². The first-order valence-corrected chi connectivity index (χ1v) is 11.7. The number of carbonyl (C=O) groups excluding carboxylic acids is 3. The fourth-order valence-corrected chi connectivity index (χ4v) is 5.68. The standard InChI is InChI=1S/C25H26N4O5/c30-22-25(23(31)28(24(32)26-22)14-12-17-7-3-1-4-8-17)16-18-15-19(29(33)34)10-11-20(18)27-13-6-2-5-9-21(25)27/h1,3-4,7-8,10-11,15,21H,2,5-6,9,12-14,16H2,(H,26,30,32)/t21-,25-/m0/s1. The summed E-state index contributed by atoms with van der Waals surface area (Å²) in [6.45, 7) is 0.800. The van der Waals surface area contributed by atoms with Crippen molar-refractivity contribution in [3.63, 3.8) is 0 Å². The van der Waals surface area contributed by atoms with Crippen LogP contribution in [0.15, 0.2) is 48.5 Å². The van der Waals surface area contributed by atoms with Crippen molar-refractivity contribution in [1.82, 2.24) is 10.2 Å². The fraction of sp³-hybridized carbons (Fsp3) is 0.400. The minimum atomic E-state index is -1.50. The second kappa shape index (κ2) is 8.55. The van der Waals surface area contributed by atoms with E-state index in [2.05, 4.69) is 10.2 Å². The van der Waals surface area contributed by atoms with Crippen LogP contribution in [0.3, 0.4) is 0 Å². The van der Waals surface area contributed by atoms with Gasteiger partial charge in [0, 0.05) is 37.3 Å². The van der Waals surface area contributed by atoms with Crippen molar-refractivity contribution in [3.8, 4) is 0 Å². The highest BCUT2D eigenvalue weighted by molar-refractivity contribution is 6.20. The molecule has 0 saturated carbocycles. The molecule has 2 aromatic rings. The number of nitrogens with one attached hydrogen (secondary N) is 1. The Morgan fingerprint density at radius 3 is 2.62 bits per heavy atom. The molecule has 9 heteroatoms. The van der Waals surface area contributed by atoms with E-state index >= 15 is 0 Å². The number of non-ortho nitro benzene ring substituents is 1. The molecular formula is C25H26N4O5. The number of fused-ring (bicyclic) bond motifs is 4. The summed E-state index contributed by atoms with van der Waals surface area (Å²) in [5.74, 6) is -1.11. The predicted molar refractivity (Wildman–Crippen MR) is 124 cm³/mol. The SMILES string of the molecule is O=C1NC(=O)[C@@]2(Cc3cc([N+](=O)[O-])ccc3N3CCCCC[C@H]32)C(=O)N1CCc1ccccc1. The van der Waals surface area contributed by atoms with E-state index < -0.39 is 34.2 Å². The van der Waals surface area contributed by atoms with Crippen LogP contribution in [0.1, 0.15) is 36.8 Å². The second-order valence-electron chi connectivity index (χ2n) is 9.23. The first-order valence-electron chi connectivity index (χ1n) is 11.7. The highest BCUT2D eigenvalue weighted by Gasteiger charge is 2.61. The van der Waals surface area contributed by atoms with Gasteiger partial charge < -0.3 is 4.90 Å². The molecule has 2 saturated heterocycles. The van der Waals surface area contributed by atoms with E-state index in [0.29, 0.717) is 24.9 Å². The minimum Gasteiger partial charge on any atom is -0.367 e. The van der Waals surface area contributed by atoms with Gasteiger partial charge in [0.25, 0.3) is 5.69 Å². The number of hydrogen-bond acceptors (Lipinski definition) is 6. The lowest BCUT2D eigenvalue weighted by Gasteiger charge is -2.51. The average molecular weight is 463 g/mol. The molecule has 3 heterocycles. The number of nitro benzene ring substituents is 1. The van der Waals surface area contributed by atoms with Gasteiger partial charge in [-0.2, -0.15) is 0 Å². The maximum Gasteiger partial charge on any atom is 0.330 e. The van der Waals surface area contributed by atoms with Crippen LogP contribution in [0.25, 0.3) is 0 Å². The number of rotatable bonds is 4. The fourth-order valence-electron chi connectivity index (χ4n) is 5.68. The summed E-state index contributed by atoms with van der Waals surface area (Å²) in [6, 6.07) is 13.1. The summed E-state index contributed by atoms with van der Waals surface area (Å²) in [4.78, 5) is 54.4. The largest absolute Gasteiger partial charge is 0.367 e. The highest BCUT2D eigenvalue weighted by Crippen LogP contribution is 2.47. The van der Waals surface area contributed by atoms with Crippen LogP contribution in [-0.4, -0.2) is 46.8 Å². The zero-order valence-electron chi connectivity index (χ0n) is 18.7. The number of barbiturate groups is 1. The molecule has 0 aromatic heterocycles. The lowest BCUT2D eigenvalue weighted by Crippen LogP contribution is -2.72. The van der Waals surface area contributed by atoms with Crippen LogP contribution in [0.5, 0.6) is 0 Å². The van der Waals surface area contributed by atoms with Gasteiger partial charge in [-0.25, -0.2) is 4.79 Å². The lowest BCUT2D eigenvalue weighted by atomic mass is 9.67. The van der Waals surface area contributed by atoms with Crippen LogP contribution in [-0.2, 0) is 22.4 Å². The van der Waals surface area contributed by atoms with Crippen LogP contribution in [0, 0.1) is 15.5 Å². The van der Waals surface area contributed by atoms with Gasteiger partial charge in [-0.3, -0.25) is 29.9 Å².